The highest BCUT2D eigenvalue weighted by Gasteiger charge is 2.41. The molecule has 0 atom stereocenters. The van der Waals surface area contributed by atoms with E-state index in [0.29, 0.717) is 35.7 Å². The van der Waals surface area contributed by atoms with E-state index in [1.54, 1.807) is 6.92 Å². The third-order valence-electron chi connectivity index (χ3n) is 4.51. The normalized spacial score (nSPS) is 16.5. The fourth-order valence-corrected chi connectivity index (χ4v) is 4.18. The number of halogens is 2. The lowest BCUT2D eigenvalue weighted by Gasteiger charge is -2.17. The number of carbonyl (C=O) groups excluding carboxylic acids is 4. The molecule has 28 heavy (non-hydrogen) atoms. The van der Waals surface area contributed by atoms with E-state index in [1.165, 1.54) is 0 Å². The molecule has 6 nitrogen and oxygen atoms in total. The fraction of sp³-hybridized carbons (Fsp3) is 0.368. The molecule has 0 N–H and O–H groups in total. The maximum absolute atomic E-state index is 14.5. The monoisotopic (exact) mass is 425 g/mol. The van der Waals surface area contributed by atoms with Gasteiger partial charge in [-0.2, -0.15) is 0 Å². The zero-order chi connectivity index (χ0) is 20.4. The maximum Gasteiger partial charge on any atom is 0.316 e. The minimum atomic E-state index is -0.876. The molecule has 3 rings (SSSR count). The Bertz CT molecular complexity index is 886. The van der Waals surface area contributed by atoms with Crippen molar-refractivity contribution in [3.8, 4) is 0 Å². The molecule has 0 bridgehead atoms. The number of amides is 2. The van der Waals surface area contributed by atoms with Crippen molar-refractivity contribution in [2.75, 3.05) is 17.3 Å². The molecule has 2 amide bonds. The van der Waals surface area contributed by atoms with E-state index in [-0.39, 0.29) is 28.6 Å². The van der Waals surface area contributed by atoms with Crippen LogP contribution in [-0.2, 0) is 19.1 Å². The van der Waals surface area contributed by atoms with E-state index in [4.69, 9.17) is 16.3 Å². The molecule has 0 fully saturated rings. The number of hydrogen-bond acceptors (Lipinski definition) is 6. The van der Waals surface area contributed by atoms with Crippen LogP contribution in [0.15, 0.2) is 23.3 Å². The van der Waals surface area contributed by atoms with Crippen molar-refractivity contribution in [1.29, 1.82) is 0 Å². The van der Waals surface area contributed by atoms with Gasteiger partial charge < -0.3 is 4.74 Å². The Morgan fingerprint density at radius 2 is 1.79 bits per heavy atom. The molecule has 1 heterocycles. The Morgan fingerprint density at radius 1 is 1.18 bits per heavy atom. The first-order valence-corrected chi connectivity index (χ1v) is 10.1. The third kappa shape index (κ3) is 3.84. The van der Waals surface area contributed by atoms with Crippen LogP contribution < -0.4 is 4.90 Å². The lowest BCUT2D eigenvalue weighted by molar-refractivity contribution is -0.139. The van der Waals surface area contributed by atoms with Crippen LogP contribution in [0.3, 0.4) is 0 Å². The predicted octanol–water partition coefficient (Wildman–Crippen LogP) is 3.66. The molecule has 0 spiro atoms. The minimum absolute atomic E-state index is 0.0853. The summed E-state index contributed by atoms with van der Waals surface area (Å²) in [5, 5.41) is -0.754. The van der Waals surface area contributed by atoms with E-state index >= 15 is 0 Å². The van der Waals surface area contributed by atoms with Crippen molar-refractivity contribution in [2.24, 2.45) is 0 Å². The lowest BCUT2D eigenvalue weighted by Crippen LogP contribution is -2.32. The number of carbonyl (C=O) groups is 4. The van der Waals surface area contributed by atoms with Crippen molar-refractivity contribution < 1.29 is 28.3 Å². The predicted molar refractivity (Wildman–Crippen MR) is 103 cm³/mol. The van der Waals surface area contributed by atoms with Gasteiger partial charge in [-0.05, 0) is 44.7 Å². The summed E-state index contributed by atoms with van der Waals surface area (Å²) in [5.41, 5.74) is 0.428. The smallest absolute Gasteiger partial charge is 0.316 e. The standard InChI is InChI=1S/C19H17ClFNO5S/c1-2-27-16(23)9-28-19(26)12-7-15(14(21)8-13(12)20)22-17(24)10-5-3-4-6-11(10)18(22)25/h7-8H,2-6,9H2,1H3. The van der Waals surface area contributed by atoms with Crippen molar-refractivity contribution in [1.82, 2.24) is 0 Å². The molecule has 1 aliphatic carbocycles. The average Bonchev–Trinajstić information content (AvgIpc) is 2.92. The van der Waals surface area contributed by atoms with Gasteiger partial charge in [0, 0.05) is 16.7 Å². The molecular formula is C19H17ClFNO5S. The van der Waals surface area contributed by atoms with Crippen LogP contribution in [-0.4, -0.2) is 35.3 Å². The van der Waals surface area contributed by atoms with Crippen LogP contribution in [0.5, 0.6) is 0 Å². The molecule has 9 heteroatoms. The quantitative estimate of drug-likeness (QED) is 0.529. The summed E-state index contributed by atoms with van der Waals surface area (Å²) in [6, 6.07) is 1.99. The molecule has 0 aromatic heterocycles. The molecule has 1 aliphatic heterocycles. The van der Waals surface area contributed by atoms with E-state index in [2.05, 4.69) is 0 Å². The lowest BCUT2D eigenvalue weighted by atomic mass is 9.93. The van der Waals surface area contributed by atoms with Crippen molar-refractivity contribution in [3.05, 3.63) is 39.7 Å². The summed E-state index contributed by atoms with van der Waals surface area (Å²) in [4.78, 5) is 49.9. The fourth-order valence-electron chi connectivity index (χ4n) is 3.23. The van der Waals surface area contributed by atoms with Gasteiger partial charge in [-0.25, -0.2) is 9.29 Å². The number of imide groups is 1. The SMILES string of the molecule is CCOC(=O)CSC(=O)c1cc(N2C(=O)C3=C(CCCC3)C2=O)c(F)cc1Cl. The van der Waals surface area contributed by atoms with Crippen LogP contribution in [0.25, 0.3) is 0 Å². The second-order valence-corrected chi connectivity index (χ2v) is 7.63. The summed E-state index contributed by atoms with van der Waals surface area (Å²) in [5.74, 6) is -2.79. The first-order valence-electron chi connectivity index (χ1n) is 8.77. The second-order valence-electron chi connectivity index (χ2n) is 6.27. The van der Waals surface area contributed by atoms with Gasteiger partial charge in [0.1, 0.15) is 5.82 Å². The summed E-state index contributed by atoms with van der Waals surface area (Å²) >= 11 is 6.64. The van der Waals surface area contributed by atoms with Gasteiger partial charge in [-0.1, -0.05) is 23.4 Å². The zero-order valence-electron chi connectivity index (χ0n) is 15.0. The van der Waals surface area contributed by atoms with Gasteiger partial charge in [0.2, 0.25) is 5.12 Å². The second kappa shape index (κ2) is 8.45. The molecule has 1 aromatic rings. The van der Waals surface area contributed by atoms with Crippen LogP contribution >= 0.6 is 23.4 Å². The Morgan fingerprint density at radius 3 is 2.36 bits per heavy atom. The van der Waals surface area contributed by atoms with Crippen LogP contribution in [0, 0.1) is 5.82 Å². The van der Waals surface area contributed by atoms with Crippen molar-refractivity contribution in [2.45, 2.75) is 32.6 Å². The maximum atomic E-state index is 14.5. The van der Waals surface area contributed by atoms with Gasteiger partial charge >= 0.3 is 5.97 Å². The molecule has 2 aliphatic rings. The highest BCUT2D eigenvalue weighted by atomic mass is 35.5. The van der Waals surface area contributed by atoms with Gasteiger partial charge in [0.05, 0.1) is 23.1 Å². The first kappa shape index (κ1) is 20.5. The Labute approximate surface area is 170 Å². The van der Waals surface area contributed by atoms with Gasteiger partial charge in [0.25, 0.3) is 11.8 Å². The van der Waals surface area contributed by atoms with E-state index < -0.39 is 28.7 Å². The number of esters is 1. The Kier molecular flexibility index (Phi) is 6.20. The van der Waals surface area contributed by atoms with Gasteiger partial charge in [-0.15, -0.1) is 0 Å². The molecule has 0 saturated heterocycles. The van der Waals surface area contributed by atoms with E-state index in [0.717, 1.165) is 29.9 Å². The molecule has 0 radical (unpaired) electrons. The van der Waals surface area contributed by atoms with Crippen LogP contribution in [0.1, 0.15) is 43.0 Å². The molecule has 0 saturated carbocycles. The topological polar surface area (TPSA) is 80.8 Å². The summed E-state index contributed by atoms with van der Waals surface area (Å²) in [7, 11) is 0. The van der Waals surface area contributed by atoms with Gasteiger partial charge in [-0.3, -0.25) is 19.2 Å². The molecule has 0 unspecified atom stereocenters. The summed E-state index contributed by atoms with van der Waals surface area (Å²) in [6.07, 6.45) is 2.55. The van der Waals surface area contributed by atoms with Crippen LogP contribution in [0.2, 0.25) is 5.02 Å². The highest BCUT2D eigenvalue weighted by Crippen LogP contribution is 2.38. The molecule has 148 valence electrons. The molecular weight excluding hydrogens is 409 g/mol. The largest absolute Gasteiger partial charge is 0.465 e. The van der Waals surface area contributed by atoms with Crippen molar-refractivity contribution in [3.63, 3.8) is 0 Å². The number of hydrogen-bond donors (Lipinski definition) is 0. The number of thioether (sulfide) groups is 1. The number of rotatable bonds is 5. The average molecular weight is 426 g/mol. The number of ether oxygens (including phenoxy) is 1. The minimum Gasteiger partial charge on any atom is -0.465 e. The zero-order valence-corrected chi connectivity index (χ0v) is 16.6. The summed E-state index contributed by atoms with van der Waals surface area (Å²) in [6.45, 7) is 1.83. The van der Waals surface area contributed by atoms with Gasteiger partial charge in [0.15, 0.2) is 0 Å². The number of anilines is 1. The molecule has 1 aromatic carbocycles. The number of nitrogens with zero attached hydrogens (tertiary/aromatic N) is 1. The first-order chi connectivity index (χ1) is 13.3. The third-order valence-corrected chi connectivity index (χ3v) is 5.69. The summed E-state index contributed by atoms with van der Waals surface area (Å²) < 4.78 is 19.3. The van der Waals surface area contributed by atoms with E-state index in [1.807, 2.05) is 0 Å². The van der Waals surface area contributed by atoms with Crippen molar-refractivity contribution >= 4 is 51.9 Å². The van der Waals surface area contributed by atoms with Crippen LogP contribution in [0.4, 0.5) is 10.1 Å². The Hall–Kier alpha value is -2.19. The van der Waals surface area contributed by atoms with E-state index in [9.17, 15) is 23.6 Å². The number of benzene rings is 1. The Balaban J connectivity index is 1.88. The highest BCUT2D eigenvalue weighted by molar-refractivity contribution is 8.14.